The van der Waals surface area contributed by atoms with E-state index in [1.165, 1.54) is 20.8 Å². The SMILES string of the molecule is CCc1c(C(F)(F)F)nc(C(F)(F)F)c(C(=O)[O-])c1OC(C)C. The van der Waals surface area contributed by atoms with Crippen LogP contribution in [0, 0.1) is 0 Å². The van der Waals surface area contributed by atoms with Gasteiger partial charge in [0.15, 0.2) is 11.4 Å². The van der Waals surface area contributed by atoms with Crippen molar-refractivity contribution in [1.82, 2.24) is 4.98 Å². The average Bonchev–Trinajstić information content (AvgIpc) is 2.33. The van der Waals surface area contributed by atoms with Crippen LogP contribution in [0.4, 0.5) is 26.3 Å². The van der Waals surface area contributed by atoms with Crippen molar-refractivity contribution in [2.24, 2.45) is 0 Å². The van der Waals surface area contributed by atoms with Crippen molar-refractivity contribution >= 4 is 5.97 Å². The van der Waals surface area contributed by atoms with Crippen molar-refractivity contribution in [3.05, 3.63) is 22.5 Å². The number of carboxylic acids is 1. The Balaban J connectivity index is 3.96. The summed E-state index contributed by atoms with van der Waals surface area (Å²) in [7, 11) is 0. The fourth-order valence-electron chi connectivity index (χ4n) is 1.92. The minimum atomic E-state index is -5.42. The molecule has 0 saturated heterocycles. The number of aromatic nitrogens is 1. The third-order valence-electron chi connectivity index (χ3n) is 2.70. The standard InChI is InChI=1S/C13H13F6NO3/c1-4-6-8(23-5(2)3)7(11(21)22)10(13(17,18)19)20-9(6)12(14,15)16/h5H,4H2,1-3H3,(H,21,22)/p-1. The lowest BCUT2D eigenvalue weighted by Gasteiger charge is -2.24. The van der Waals surface area contributed by atoms with E-state index in [1.54, 1.807) is 0 Å². The summed E-state index contributed by atoms with van der Waals surface area (Å²) in [5, 5.41) is 11.1. The molecule has 1 heterocycles. The van der Waals surface area contributed by atoms with Crippen LogP contribution in [-0.4, -0.2) is 17.1 Å². The number of pyridine rings is 1. The summed E-state index contributed by atoms with van der Waals surface area (Å²) in [6, 6.07) is 0. The zero-order chi connectivity index (χ0) is 18.2. The van der Waals surface area contributed by atoms with Crippen LogP contribution in [-0.2, 0) is 18.8 Å². The number of alkyl halides is 6. The lowest BCUT2D eigenvalue weighted by Crippen LogP contribution is -2.31. The molecule has 0 amide bonds. The van der Waals surface area contributed by atoms with E-state index >= 15 is 0 Å². The van der Waals surface area contributed by atoms with Gasteiger partial charge >= 0.3 is 12.4 Å². The van der Waals surface area contributed by atoms with Gasteiger partial charge in [0.25, 0.3) is 0 Å². The molecule has 0 atom stereocenters. The van der Waals surface area contributed by atoms with E-state index in [-0.39, 0.29) is 0 Å². The maximum Gasteiger partial charge on any atom is 0.434 e. The number of nitrogens with zero attached hydrogens (tertiary/aromatic N) is 1. The van der Waals surface area contributed by atoms with Crippen molar-refractivity contribution in [3.8, 4) is 5.75 Å². The first kappa shape index (κ1) is 19.0. The van der Waals surface area contributed by atoms with Gasteiger partial charge in [0.05, 0.1) is 17.6 Å². The van der Waals surface area contributed by atoms with Gasteiger partial charge in [0.1, 0.15) is 5.75 Å². The largest absolute Gasteiger partial charge is 0.545 e. The number of rotatable bonds is 4. The van der Waals surface area contributed by atoms with Crippen LogP contribution in [0.1, 0.15) is 48.1 Å². The third kappa shape index (κ3) is 4.05. The van der Waals surface area contributed by atoms with Crippen LogP contribution in [0.3, 0.4) is 0 Å². The molecule has 0 aliphatic rings. The molecule has 0 saturated carbocycles. The first-order valence-electron chi connectivity index (χ1n) is 6.39. The molecule has 0 bridgehead atoms. The van der Waals surface area contributed by atoms with Crippen molar-refractivity contribution < 1.29 is 41.0 Å². The van der Waals surface area contributed by atoms with Crippen molar-refractivity contribution in [2.45, 2.75) is 45.6 Å². The molecule has 23 heavy (non-hydrogen) atoms. The smallest absolute Gasteiger partial charge is 0.434 e. The normalized spacial score (nSPS) is 12.6. The van der Waals surface area contributed by atoms with Crippen molar-refractivity contribution in [2.75, 3.05) is 0 Å². The van der Waals surface area contributed by atoms with Crippen LogP contribution in [0.5, 0.6) is 5.75 Å². The second kappa shape index (κ2) is 6.25. The Kier molecular flexibility index (Phi) is 5.17. The second-order valence-electron chi connectivity index (χ2n) is 4.79. The third-order valence-corrected chi connectivity index (χ3v) is 2.70. The fourth-order valence-corrected chi connectivity index (χ4v) is 1.92. The fraction of sp³-hybridized carbons (Fsp3) is 0.538. The van der Waals surface area contributed by atoms with E-state index in [2.05, 4.69) is 4.98 Å². The van der Waals surface area contributed by atoms with Gasteiger partial charge in [-0.05, 0) is 20.3 Å². The molecular formula is C13H12F6NO3-. The van der Waals surface area contributed by atoms with Crippen LogP contribution < -0.4 is 9.84 Å². The lowest BCUT2D eigenvalue weighted by molar-refractivity contribution is -0.256. The highest BCUT2D eigenvalue weighted by Crippen LogP contribution is 2.42. The predicted octanol–water partition coefficient (Wildman–Crippen LogP) is 2.83. The zero-order valence-corrected chi connectivity index (χ0v) is 12.2. The van der Waals surface area contributed by atoms with E-state index < -0.39 is 59.1 Å². The predicted molar refractivity (Wildman–Crippen MR) is 63.7 cm³/mol. The molecule has 0 unspecified atom stereocenters. The summed E-state index contributed by atoms with van der Waals surface area (Å²) in [4.78, 5) is 13.6. The highest BCUT2D eigenvalue weighted by atomic mass is 19.4. The van der Waals surface area contributed by atoms with Gasteiger partial charge in [0.2, 0.25) is 0 Å². The molecule has 130 valence electrons. The molecule has 4 nitrogen and oxygen atoms in total. The number of halogens is 6. The Morgan fingerprint density at radius 3 is 1.91 bits per heavy atom. The van der Waals surface area contributed by atoms with Gasteiger partial charge in [0, 0.05) is 5.56 Å². The van der Waals surface area contributed by atoms with Crippen LogP contribution in [0.25, 0.3) is 0 Å². The molecule has 1 rings (SSSR count). The van der Waals surface area contributed by atoms with Crippen LogP contribution in [0.15, 0.2) is 0 Å². The minimum absolute atomic E-state index is 0.428. The summed E-state index contributed by atoms with van der Waals surface area (Å²) < 4.78 is 82.8. The lowest BCUT2D eigenvalue weighted by atomic mass is 10.0. The maximum atomic E-state index is 13.0. The topological polar surface area (TPSA) is 62.2 Å². The van der Waals surface area contributed by atoms with Crippen molar-refractivity contribution in [1.29, 1.82) is 0 Å². The van der Waals surface area contributed by atoms with E-state index in [0.29, 0.717) is 0 Å². The Hall–Kier alpha value is -2.00. The van der Waals surface area contributed by atoms with E-state index in [9.17, 15) is 36.2 Å². The molecule has 10 heteroatoms. The molecule has 0 aliphatic heterocycles. The number of carboxylic acid groups (broad SMARTS) is 1. The van der Waals surface area contributed by atoms with Gasteiger partial charge < -0.3 is 14.6 Å². The van der Waals surface area contributed by atoms with Gasteiger partial charge in [-0.2, -0.15) is 26.3 Å². The molecule has 1 aromatic heterocycles. The van der Waals surface area contributed by atoms with E-state index in [4.69, 9.17) is 4.74 Å². The molecule has 0 radical (unpaired) electrons. The van der Waals surface area contributed by atoms with Crippen molar-refractivity contribution in [3.63, 3.8) is 0 Å². The van der Waals surface area contributed by atoms with E-state index in [0.717, 1.165) is 0 Å². The summed E-state index contributed by atoms with van der Waals surface area (Å²) in [5.41, 5.74) is -6.32. The number of aromatic carboxylic acids is 1. The number of hydrogen-bond donors (Lipinski definition) is 0. The Morgan fingerprint density at radius 2 is 1.61 bits per heavy atom. The summed E-state index contributed by atoms with van der Waals surface area (Å²) in [5.74, 6) is -3.33. The average molecular weight is 344 g/mol. The molecule has 0 fully saturated rings. The van der Waals surface area contributed by atoms with Gasteiger partial charge in [-0.25, -0.2) is 4.98 Å². The highest BCUT2D eigenvalue weighted by molar-refractivity contribution is 5.91. The zero-order valence-electron chi connectivity index (χ0n) is 12.2. The molecular weight excluding hydrogens is 332 g/mol. The van der Waals surface area contributed by atoms with Gasteiger partial charge in [-0.1, -0.05) is 6.92 Å². The minimum Gasteiger partial charge on any atom is -0.545 e. The molecule has 0 N–H and O–H groups in total. The maximum absolute atomic E-state index is 13.0. The number of ether oxygens (including phenoxy) is 1. The second-order valence-corrected chi connectivity index (χ2v) is 4.79. The van der Waals surface area contributed by atoms with Gasteiger partial charge in [-0.3, -0.25) is 0 Å². The van der Waals surface area contributed by atoms with E-state index in [1.807, 2.05) is 0 Å². The Labute approximate surface area is 127 Å². The molecule has 1 aromatic rings. The molecule has 0 aliphatic carbocycles. The Bertz CT molecular complexity index is 607. The number of hydrogen-bond acceptors (Lipinski definition) is 4. The molecule has 0 spiro atoms. The summed E-state index contributed by atoms with van der Waals surface area (Å²) >= 11 is 0. The first-order chi connectivity index (χ1) is 10.3. The molecule has 0 aromatic carbocycles. The summed E-state index contributed by atoms with van der Waals surface area (Å²) in [6.45, 7) is 3.88. The van der Waals surface area contributed by atoms with Gasteiger partial charge in [-0.15, -0.1) is 0 Å². The summed E-state index contributed by atoms with van der Waals surface area (Å²) in [6.07, 6.45) is -11.9. The first-order valence-corrected chi connectivity index (χ1v) is 6.39. The number of carbonyl (C=O) groups excluding carboxylic acids is 1. The quantitative estimate of drug-likeness (QED) is 0.788. The Morgan fingerprint density at radius 1 is 1.13 bits per heavy atom. The van der Waals surface area contributed by atoms with Crippen LogP contribution in [0.2, 0.25) is 0 Å². The van der Waals surface area contributed by atoms with Crippen LogP contribution >= 0.6 is 0 Å². The number of carbonyl (C=O) groups is 1. The monoisotopic (exact) mass is 344 g/mol. The highest BCUT2D eigenvalue weighted by Gasteiger charge is 2.44.